The highest BCUT2D eigenvalue weighted by molar-refractivity contribution is 7.22. The van der Waals surface area contributed by atoms with Crippen LogP contribution in [0.1, 0.15) is 38.9 Å². The van der Waals surface area contributed by atoms with E-state index in [0.717, 1.165) is 70.3 Å². The van der Waals surface area contributed by atoms with Crippen LogP contribution in [0.15, 0.2) is 101 Å². The highest BCUT2D eigenvalue weighted by atomic mass is 35.5. The molecule has 5 aromatic heterocycles. The number of halogens is 2. The van der Waals surface area contributed by atoms with Crippen molar-refractivity contribution in [1.29, 1.82) is 0 Å². The summed E-state index contributed by atoms with van der Waals surface area (Å²) in [6, 6.07) is 27.6. The summed E-state index contributed by atoms with van der Waals surface area (Å²) in [5.41, 5.74) is 19.7. The number of aromatic nitrogens is 6. The fourth-order valence-corrected chi connectivity index (χ4v) is 9.90. The second-order valence-electron chi connectivity index (χ2n) is 15.1. The molecule has 5 heterocycles. The van der Waals surface area contributed by atoms with Gasteiger partial charge in [0.05, 0.1) is 31.8 Å². The van der Waals surface area contributed by atoms with Gasteiger partial charge in [-0.1, -0.05) is 87.3 Å². The molecule has 9 aromatic rings. The van der Waals surface area contributed by atoms with Gasteiger partial charge in [0.25, 0.3) is 0 Å². The number of nitrogens with two attached hydrogens (primary N) is 1. The Labute approximate surface area is 370 Å². The molecule has 0 radical (unpaired) electrons. The first-order valence-electron chi connectivity index (χ1n) is 19.4. The van der Waals surface area contributed by atoms with Crippen LogP contribution < -0.4 is 16.0 Å². The summed E-state index contributed by atoms with van der Waals surface area (Å²) >= 11 is 15.8. The molecule has 0 atom stereocenters. The standard InChI is InChI=1S/C46H39Cl2N11S2/c1-23-16-25(3)39(26(4)17-23)54-43-40(55-56-44-38(49)41(32-10-8-9-15-50-32)57-59(44)46-52-34-22-31(48)12-14-36(34)61-46)27(5)20-37(53-43)58(42-28(6)18-24(2)19-29(42)7)45-51-33-21-30(47)11-13-35(33)60-45/h8-22H,49H2,1-7H3,(H,53,54). The van der Waals surface area contributed by atoms with Gasteiger partial charge in [0.1, 0.15) is 22.9 Å². The van der Waals surface area contributed by atoms with Crippen molar-refractivity contribution < 1.29 is 0 Å². The zero-order valence-corrected chi connectivity index (χ0v) is 37.5. The van der Waals surface area contributed by atoms with Gasteiger partial charge in [-0.15, -0.1) is 10.2 Å². The number of benzene rings is 4. The van der Waals surface area contributed by atoms with E-state index in [0.29, 0.717) is 55.4 Å². The van der Waals surface area contributed by atoms with Crippen LogP contribution in [0.3, 0.4) is 0 Å². The van der Waals surface area contributed by atoms with Crippen molar-refractivity contribution in [3.63, 3.8) is 0 Å². The average Bonchev–Trinajstić information content (AvgIpc) is 3.91. The van der Waals surface area contributed by atoms with Gasteiger partial charge in [-0.3, -0.25) is 9.88 Å². The van der Waals surface area contributed by atoms with Crippen LogP contribution in [-0.4, -0.2) is 29.7 Å². The van der Waals surface area contributed by atoms with Gasteiger partial charge >= 0.3 is 0 Å². The van der Waals surface area contributed by atoms with Crippen LogP contribution in [0.2, 0.25) is 10.0 Å². The number of azo groups is 1. The van der Waals surface area contributed by atoms with E-state index in [1.807, 2.05) is 67.6 Å². The van der Waals surface area contributed by atoms with E-state index in [1.54, 1.807) is 22.2 Å². The predicted molar refractivity (Wildman–Crippen MR) is 254 cm³/mol. The summed E-state index contributed by atoms with van der Waals surface area (Å²) in [6.07, 6.45) is 1.70. The molecule has 0 aliphatic heterocycles. The van der Waals surface area contributed by atoms with Gasteiger partial charge in [-0.25, -0.2) is 15.0 Å². The molecule has 304 valence electrons. The Morgan fingerprint density at radius 3 is 1.98 bits per heavy atom. The first-order chi connectivity index (χ1) is 29.3. The number of nitrogens with zero attached hydrogens (tertiary/aromatic N) is 9. The van der Waals surface area contributed by atoms with Crippen molar-refractivity contribution in [2.24, 2.45) is 10.2 Å². The molecule has 3 N–H and O–H groups in total. The van der Waals surface area contributed by atoms with Crippen LogP contribution in [-0.2, 0) is 0 Å². The van der Waals surface area contributed by atoms with Crippen LogP contribution in [0.25, 0.3) is 37.0 Å². The van der Waals surface area contributed by atoms with Gasteiger partial charge in [-0.2, -0.15) is 9.78 Å². The van der Waals surface area contributed by atoms with E-state index in [-0.39, 0.29) is 0 Å². The molecule has 0 unspecified atom stereocenters. The number of anilines is 6. The number of nitrogens with one attached hydrogen (secondary N) is 1. The van der Waals surface area contributed by atoms with Crippen LogP contribution >= 0.6 is 45.9 Å². The predicted octanol–water partition coefficient (Wildman–Crippen LogP) is 14.2. The third kappa shape index (κ3) is 7.70. The maximum absolute atomic E-state index is 6.91. The van der Waals surface area contributed by atoms with Crippen molar-refractivity contribution in [3.8, 4) is 16.5 Å². The van der Waals surface area contributed by atoms with E-state index in [1.165, 1.54) is 16.9 Å². The summed E-state index contributed by atoms with van der Waals surface area (Å²) in [6.45, 7) is 14.6. The molecule has 0 bridgehead atoms. The molecule has 0 saturated heterocycles. The summed E-state index contributed by atoms with van der Waals surface area (Å²) in [7, 11) is 0. The molecule has 0 spiro atoms. The molecular formula is C46H39Cl2N11S2. The molecule has 0 fully saturated rings. The number of pyridine rings is 2. The van der Waals surface area contributed by atoms with Crippen LogP contribution in [0.4, 0.5) is 45.3 Å². The van der Waals surface area contributed by atoms with Crippen LogP contribution in [0, 0.1) is 48.5 Å². The second kappa shape index (κ2) is 16.0. The highest BCUT2D eigenvalue weighted by Gasteiger charge is 2.26. The smallest absolute Gasteiger partial charge is 0.213 e. The van der Waals surface area contributed by atoms with E-state index in [4.69, 9.17) is 59.2 Å². The molecule has 15 heteroatoms. The number of nitrogen functional groups attached to an aromatic ring is 1. The third-order valence-corrected chi connectivity index (χ3v) is 12.8. The quantitative estimate of drug-likeness (QED) is 0.137. The van der Waals surface area contributed by atoms with E-state index in [2.05, 4.69) is 81.0 Å². The minimum atomic E-state index is 0.295. The topological polar surface area (TPSA) is 135 Å². The highest BCUT2D eigenvalue weighted by Crippen LogP contribution is 2.46. The molecular weight excluding hydrogens is 842 g/mol. The minimum absolute atomic E-state index is 0.295. The SMILES string of the molecule is Cc1cc(C)c(Nc2nc(N(c3nc4cc(Cl)ccc4s3)c3c(C)cc(C)cc3C)cc(C)c2N=Nc2c(N)c(-c3ccccn3)nn2-c2nc3cc(Cl)ccc3s2)c(C)c1. The fraction of sp³-hybridized carbons (Fsp3) is 0.152. The lowest BCUT2D eigenvalue weighted by atomic mass is 10.0. The van der Waals surface area contributed by atoms with Crippen molar-refractivity contribution >= 4 is 112 Å². The van der Waals surface area contributed by atoms with Crippen LogP contribution in [0.5, 0.6) is 0 Å². The molecule has 0 aliphatic rings. The van der Waals surface area contributed by atoms with Crippen molar-refractivity contribution in [3.05, 3.63) is 140 Å². The molecule has 9 rings (SSSR count). The Morgan fingerprint density at radius 1 is 0.689 bits per heavy atom. The largest absolute Gasteiger partial charge is 0.394 e. The third-order valence-electron chi connectivity index (χ3n) is 10.3. The van der Waals surface area contributed by atoms with Crippen molar-refractivity contribution in [1.82, 2.24) is 29.7 Å². The lowest BCUT2D eigenvalue weighted by Gasteiger charge is -2.27. The van der Waals surface area contributed by atoms with E-state index >= 15 is 0 Å². The minimum Gasteiger partial charge on any atom is -0.394 e. The Hall–Kier alpha value is -6.25. The summed E-state index contributed by atoms with van der Waals surface area (Å²) in [5, 5.41) is 20.9. The number of hydrogen-bond donors (Lipinski definition) is 2. The lowest BCUT2D eigenvalue weighted by molar-refractivity contribution is 0.865. The van der Waals surface area contributed by atoms with E-state index in [9.17, 15) is 0 Å². The molecule has 11 nitrogen and oxygen atoms in total. The number of fused-ring (bicyclic) bond motifs is 2. The Balaban J connectivity index is 1.25. The fourth-order valence-electron chi connectivity index (χ4n) is 7.71. The zero-order valence-electron chi connectivity index (χ0n) is 34.3. The molecule has 61 heavy (non-hydrogen) atoms. The van der Waals surface area contributed by atoms with Crippen molar-refractivity contribution in [2.45, 2.75) is 48.5 Å². The molecule has 4 aromatic carbocycles. The second-order valence-corrected chi connectivity index (χ2v) is 18.0. The average molecular weight is 881 g/mol. The van der Waals surface area contributed by atoms with Gasteiger partial charge in [0.2, 0.25) is 10.9 Å². The Bertz CT molecular complexity index is 3160. The lowest BCUT2D eigenvalue weighted by Crippen LogP contribution is -2.15. The number of hydrogen-bond acceptors (Lipinski definition) is 12. The van der Waals surface area contributed by atoms with E-state index < -0.39 is 0 Å². The summed E-state index contributed by atoms with van der Waals surface area (Å²) in [4.78, 5) is 22.1. The maximum atomic E-state index is 6.91. The summed E-state index contributed by atoms with van der Waals surface area (Å²) in [5.74, 6) is 1.44. The first kappa shape index (κ1) is 40.2. The number of rotatable bonds is 9. The van der Waals surface area contributed by atoms with Gasteiger partial charge in [-0.05, 0) is 131 Å². The Morgan fingerprint density at radius 2 is 1.33 bits per heavy atom. The monoisotopic (exact) mass is 879 g/mol. The molecule has 0 amide bonds. The maximum Gasteiger partial charge on any atom is 0.213 e. The van der Waals surface area contributed by atoms with Gasteiger partial charge < -0.3 is 11.1 Å². The first-order valence-corrected chi connectivity index (χ1v) is 21.8. The number of aryl methyl sites for hydroxylation is 7. The van der Waals surface area contributed by atoms with Gasteiger partial charge in [0.15, 0.2) is 10.9 Å². The number of thiazole rings is 2. The van der Waals surface area contributed by atoms with Crippen molar-refractivity contribution in [2.75, 3.05) is 16.0 Å². The molecule has 0 saturated carbocycles. The summed E-state index contributed by atoms with van der Waals surface area (Å²) < 4.78 is 3.56. The van der Waals surface area contributed by atoms with Gasteiger partial charge in [0, 0.05) is 21.9 Å². The Kier molecular flexibility index (Phi) is 10.5. The molecule has 0 aliphatic carbocycles. The normalized spacial score (nSPS) is 11.7. The zero-order chi connectivity index (χ0) is 42.7.